The van der Waals surface area contributed by atoms with Crippen LogP contribution in [0.3, 0.4) is 0 Å². The van der Waals surface area contributed by atoms with Crippen LogP contribution in [0.25, 0.3) is 11.1 Å². The maximum Gasteiger partial charge on any atom is 0.248 e. The van der Waals surface area contributed by atoms with Gasteiger partial charge in [0.2, 0.25) is 5.91 Å². The summed E-state index contributed by atoms with van der Waals surface area (Å²) < 4.78 is 35.2. The van der Waals surface area contributed by atoms with Crippen LogP contribution in [0.5, 0.6) is 5.75 Å². The van der Waals surface area contributed by atoms with E-state index in [0.717, 1.165) is 52.7 Å². The molecule has 1 amide bonds. The zero-order valence-electron chi connectivity index (χ0n) is 26.6. The Bertz CT molecular complexity index is 1410. The number of carbonyl (C=O) groups is 1. The first-order chi connectivity index (χ1) is 20.0. The zero-order valence-corrected chi connectivity index (χ0v) is 26.6. The fraction of sp³-hybridized carbons (Fsp3) is 0.361. The van der Waals surface area contributed by atoms with Gasteiger partial charge < -0.3 is 15.0 Å². The molecule has 0 radical (unpaired) electrons. The minimum absolute atomic E-state index is 0.319. The van der Waals surface area contributed by atoms with Gasteiger partial charge in [0.15, 0.2) is 0 Å². The number of allylic oxidation sites excluding steroid dienone is 8. The Hall–Kier alpha value is -3.77. The number of methoxy groups -OCH3 is 1. The summed E-state index contributed by atoms with van der Waals surface area (Å²) in [6.07, 6.45) is 14.1. The van der Waals surface area contributed by atoms with Crippen molar-refractivity contribution < 1.29 is 18.3 Å². The van der Waals surface area contributed by atoms with E-state index in [-0.39, 0.29) is 11.7 Å². The SMILES string of the molecule is C\C=C(/C=C(C(\C)=C\CC)/C(=C\CCC)c1cc(C)c(F)cc1OC)c1cc(F)cc(NC(=O)/C=C/CN(C)C)c1C. The number of unbranched alkanes of at least 4 members (excludes halogenated alkanes) is 1. The first kappa shape index (κ1) is 34.4. The largest absolute Gasteiger partial charge is 0.496 e. The minimum Gasteiger partial charge on any atom is -0.496 e. The molecule has 0 aliphatic heterocycles. The molecule has 0 aromatic heterocycles. The number of hydrogen-bond donors (Lipinski definition) is 1. The third-order valence-corrected chi connectivity index (χ3v) is 6.93. The smallest absolute Gasteiger partial charge is 0.248 e. The van der Waals surface area contributed by atoms with E-state index in [9.17, 15) is 9.18 Å². The number of ether oxygens (including phenoxy) is 1. The Morgan fingerprint density at radius 1 is 1.05 bits per heavy atom. The van der Waals surface area contributed by atoms with E-state index >= 15 is 4.39 Å². The number of halogens is 2. The normalized spacial score (nSPS) is 13.3. The standard InChI is InChI=1S/C36H46F2N2O2/c1-10-13-16-29(32-19-25(5)33(38)23-35(32)42-9)30(24(4)15-11-2)20-27(12-3)31-21-28(37)22-34(26(31)6)39-36(41)17-14-18-40(7)8/h12,14-17,19-23H,10-11,13,18H2,1-9H3,(H,39,41)/b17-14+,24-15+,27-12+,29-16+,30-20+. The first-order valence-corrected chi connectivity index (χ1v) is 14.5. The van der Waals surface area contributed by atoms with Crippen molar-refractivity contribution >= 4 is 22.7 Å². The molecule has 0 spiro atoms. The van der Waals surface area contributed by atoms with E-state index < -0.39 is 5.82 Å². The second kappa shape index (κ2) is 16.6. The summed E-state index contributed by atoms with van der Waals surface area (Å²) in [7, 11) is 5.38. The number of carbonyl (C=O) groups excluding carboxylic acids is 1. The Kier molecular flexibility index (Phi) is 13.6. The second-order valence-electron chi connectivity index (χ2n) is 10.6. The highest BCUT2D eigenvalue weighted by molar-refractivity contribution is 6.00. The van der Waals surface area contributed by atoms with Crippen LogP contribution in [0.4, 0.5) is 14.5 Å². The van der Waals surface area contributed by atoms with E-state index in [1.54, 1.807) is 20.1 Å². The van der Waals surface area contributed by atoms with E-state index in [1.165, 1.54) is 24.3 Å². The molecule has 2 aromatic carbocycles. The second-order valence-corrected chi connectivity index (χ2v) is 10.6. The number of aryl methyl sites for hydroxylation is 1. The quantitative estimate of drug-likeness (QED) is 0.191. The summed E-state index contributed by atoms with van der Waals surface area (Å²) in [4.78, 5) is 14.5. The first-order valence-electron chi connectivity index (χ1n) is 14.5. The van der Waals surface area contributed by atoms with E-state index in [4.69, 9.17) is 4.74 Å². The molecule has 0 saturated carbocycles. The molecule has 0 bridgehead atoms. The van der Waals surface area contributed by atoms with E-state index in [2.05, 4.69) is 38.2 Å². The highest BCUT2D eigenvalue weighted by Gasteiger charge is 2.19. The van der Waals surface area contributed by atoms with Crippen LogP contribution in [0.1, 0.15) is 69.2 Å². The van der Waals surface area contributed by atoms with Gasteiger partial charge in [-0.15, -0.1) is 0 Å². The van der Waals surface area contributed by atoms with Gasteiger partial charge in [-0.1, -0.05) is 44.6 Å². The molecule has 1 N–H and O–H groups in total. The van der Waals surface area contributed by atoms with Crippen LogP contribution in [0.2, 0.25) is 0 Å². The van der Waals surface area contributed by atoms with Crippen molar-refractivity contribution in [1.29, 1.82) is 0 Å². The minimum atomic E-state index is -0.448. The number of benzene rings is 2. The molecular formula is C36H46F2N2O2. The highest BCUT2D eigenvalue weighted by Crippen LogP contribution is 2.39. The summed E-state index contributed by atoms with van der Waals surface area (Å²) in [5, 5.41) is 2.84. The predicted molar refractivity (Wildman–Crippen MR) is 174 cm³/mol. The topological polar surface area (TPSA) is 41.6 Å². The van der Waals surface area contributed by atoms with Gasteiger partial charge in [0.05, 0.1) is 7.11 Å². The molecule has 0 atom stereocenters. The van der Waals surface area contributed by atoms with Crippen molar-refractivity contribution in [2.75, 3.05) is 33.1 Å². The Morgan fingerprint density at radius 2 is 1.76 bits per heavy atom. The number of anilines is 1. The van der Waals surface area contributed by atoms with Gasteiger partial charge >= 0.3 is 0 Å². The molecule has 2 aromatic rings. The molecule has 0 heterocycles. The lowest BCUT2D eigenvalue weighted by Gasteiger charge is -2.20. The average molecular weight is 577 g/mol. The zero-order chi connectivity index (χ0) is 31.4. The lowest BCUT2D eigenvalue weighted by molar-refractivity contribution is -0.111. The Morgan fingerprint density at radius 3 is 2.36 bits per heavy atom. The van der Waals surface area contributed by atoms with Gasteiger partial charge in [0, 0.05) is 29.9 Å². The van der Waals surface area contributed by atoms with Crippen LogP contribution in [0, 0.1) is 25.5 Å². The van der Waals surface area contributed by atoms with Crippen molar-refractivity contribution in [3.8, 4) is 5.75 Å². The summed E-state index contributed by atoms with van der Waals surface area (Å²) in [5.41, 5.74) is 6.85. The molecule has 226 valence electrons. The summed E-state index contributed by atoms with van der Waals surface area (Å²) in [6.45, 7) is 12.4. The van der Waals surface area contributed by atoms with Gasteiger partial charge in [-0.2, -0.15) is 0 Å². The number of hydrogen-bond acceptors (Lipinski definition) is 3. The van der Waals surface area contributed by atoms with Gasteiger partial charge in [-0.25, -0.2) is 8.78 Å². The molecule has 4 nitrogen and oxygen atoms in total. The fourth-order valence-electron chi connectivity index (χ4n) is 4.64. The molecule has 0 unspecified atom stereocenters. The Balaban J connectivity index is 2.76. The molecule has 0 saturated heterocycles. The number of nitrogens with zero attached hydrogens (tertiary/aromatic N) is 1. The van der Waals surface area contributed by atoms with Crippen molar-refractivity contribution in [2.45, 2.75) is 60.8 Å². The van der Waals surface area contributed by atoms with Crippen LogP contribution in [-0.2, 0) is 4.79 Å². The molecule has 0 fully saturated rings. The van der Waals surface area contributed by atoms with Gasteiger partial charge in [0.25, 0.3) is 0 Å². The van der Waals surface area contributed by atoms with Gasteiger partial charge in [-0.05, 0) is 118 Å². The van der Waals surface area contributed by atoms with Gasteiger partial charge in [-0.3, -0.25) is 4.79 Å². The molecular weight excluding hydrogens is 530 g/mol. The van der Waals surface area contributed by atoms with E-state index in [0.29, 0.717) is 29.1 Å². The molecule has 42 heavy (non-hydrogen) atoms. The van der Waals surface area contributed by atoms with Crippen molar-refractivity contribution in [1.82, 2.24) is 4.90 Å². The number of amides is 1. The lowest BCUT2D eigenvalue weighted by Crippen LogP contribution is -2.13. The predicted octanol–water partition coefficient (Wildman–Crippen LogP) is 9.22. The third kappa shape index (κ3) is 9.38. The number of likely N-dealkylation sites (N-methyl/N-ethyl adjacent to an activating group) is 1. The summed E-state index contributed by atoms with van der Waals surface area (Å²) >= 11 is 0. The summed E-state index contributed by atoms with van der Waals surface area (Å²) in [5.74, 6) is -0.643. The maximum atomic E-state index is 15.0. The summed E-state index contributed by atoms with van der Waals surface area (Å²) in [6, 6.07) is 6.09. The Labute approximate surface area is 251 Å². The van der Waals surface area contributed by atoms with Crippen molar-refractivity contribution in [2.24, 2.45) is 0 Å². The van der Waals surface area contributed by atoms with E-state index in [1.807, 2.05) is 51.1 Å². The number of rotatable bonds is 13. The van der Waals surface area contributed by atoms with Crippen LogP contribution >= 0.6 is 0 Å². The lowest BCUT2D eigenvalue weighted by atomic mass is 9.87. The maximum absolute atomic E-state index is 15.0. The van der Waals surface area contributed by atoms with Gasteiger partial charge in [0.1, 0.15) is 17.4 Å². The monoisotopic (exact) mass is 576 g/mol. The van der Waals surface area contributed by atoms with Crippen LogP contribution in [0.15, 0.2) is 71.9 Å². The number of nitrogens with one attached hydrogen (secondary N) is 1. The highest BCUT2D eigenvalue weighted by atomic mass is 19.1. The van der Waals surface area contributed by atoms with Crippen LogP contribution in [-0.4, -0.2) is 38.6 Å². The third-order valence-electron chi connectivity index (χ3n) is 6.93. The van der Waals surface area contributed by atoms with Crippen molar-refractivity contribution in [3.05, 3.63) is 106 Å². The fourth-order valence-corrected chi connectivity index (χ4v) is 4.64. The molecule has 0 aliphatic rings. The molecule has 6 heteroatoms. The molecule has 0 aliphatic carbocycles. The van der Waals surface area contributed by atoms with Crippen molar-refractivity contribution in [3.63, 3.8) is 0 Å². The molecule has 2 rings (SSSR count). The van der Waals surface area contributed by atoms with Crippen LogP contribution < -0.4 is 10.1 Å². The average Bonchev–Trinajstić information content (AvgIpc) is 2.93.